The average molecular weight is 251 g/mol. The van der Waals surface area contributed by atoms with Crippen LogP contribution in [0, 0.1) is 10.1 Å². The van der Waals surface area contributed by atoms with Crippen molar-refractivity contribution in [1.29, 1.82) is 0 Å². The van der Waals surface area contributed by atoms with Crippen molar-refractivity contribution in [3.8, 4) is 5.75 Å². The summed E-state index contributed by atoms with van der Waals surface area (Å²) >= 11 is 0. The van der Waals surface area contributed by atoms with Gasteiger partial charge in [-0.1, -0.05) is 11.8 Å². The predicted molar refractivity (Wildman–Crippen MR) is 63.7 cm³/mol. The monoisotopic (exact) mass is 251 g/mol. The first-order chi connectivity index (χ1) is 8.61. The molecule has 0 bridgehead atoms. The summed E-state index contributed by atoms with van der Waals surface area (Å²) in [5.41, 5.74) is 0.333. The van der Waals surface area contributed by atoms with Gasteiger partial charge in [-0.25, -0.2) is 0 Å². The largest absolute Gasteiger partial charge is 0.772 e. The molecule has 2 aromatic rings. The van der Waals surface area contributed by atoms with Gasteiger partial charge in [0.2, 0.25) is 5.52 Å². The molecular weight excluding hydrogens is 238 g/mol. The Morgan fingerprint density at radius 2 is 2.39 bits per heavy atom. The van der Waals surface area contributed by atoms with Gasteiger partial charge in [-0.2, -0.15) is 4.85 Å². The Kier molecular flexibility index (Phi) is 3.42. The molecule has 0 amide bonds. The number of aromatic nitrogens is 3. The predicted octanol–water partition coefficient (Wildman–Crippen LogP) is 0.446. The maximum Gasteiger partial charge on any atom is 0.356 e. The van der Waals surface area contributed by atoms with Crippen LogP contribution in [0.5, 0.6) is 5.75 Å². The van der Waals surface area contributed by atoms with Crippen LogP contribution in [0.15, 0.2) is 24.5 Å². The normalized spacial score (nSPS) is 12.6. The lowest BCUT2D eigenvalue weighted by molar-refractivity contribution is -0.469. The summed E-state index contributed by atoms with van der Waals surface area (Å²) in [5.74, 6) is 0.410. The Bertz CT molecular complexity index is 611. The van der Waals surface area contributed by atoms with Gasteiger partial charge in [0.25, 0.3) is 0 Å². The lowest BCUT2D eigenvalue weighted by atomic mass is 10.3. The molecule has 0 saturated carbocycles. The molecule has 0 aliphatic carbocycles. The third-order valence-corrected chi connectivity index (χ3v) is 2.57. The molecule has 1 unspecified atom stereocenters. The van der Waals surface area contributed by atoms with Crippen molar-refractivity contribution in [2.45, 2.75) is 19.4 Å². The number of rotatable bonds is 4. The van der Waals surface area contributed by atoms with E-state index in [-0.39, 0.29) is 17.6 Å². The second-order valence-corrected chi connectivity index (χ2v) is 3.85. The Morgan fingerprint density at radius 3 is 3.11 bits per heavy atom. The van der Waals surface area contributed by atoms with Gasteiger partial charge in [0.15, 0.2) is 0 Å². The Balaban J connectivity index is 2.33. The van der Waals surface area contributed by atoms with Crippen LogP contribution in [-0.2, 0) is 0 Å². The molecule has 0 saturated heterocycles. The van der Waals surface area contributed by atoms with Gasteiger partial charge >= 0.3 is 6.33 Å². The lowest BCUT2D eigenvalue weighted by Crippen LogP contribution is -2.19. The highest BCUT2D eigenvalue weighted by Crippen LogP contribution is 2.17. The van der Waals surface area contributed by atoms with E-state index in [4.69, 9.17) is 4.74 Å². The molecule has 1 aromatic carbocycles. The summed E-state index contributed by atoms with van der Waals surface area (Å²) < 4.78 is 5.83. The van der Waals surface area contributed by atoms with E-state index in [0.717, 1.165) is 6.33 Å². The first-order valence-electron chi connectivity index (χ1n) is 5.54. The van der Waals surface area contributed by atoms with Crippen molar-refractivity contribution < 1.29 is 14.3 Å². The van der Waals surface area contributed by atoms with Gasteiger partial charge in [0.1, 0.15) is 17.9 Å². The Labute approximate surface area is 102 Å². The SMILES string of the molecule is CCC(O)COc1ccc2c(c1)n([O-])nc[n+]2=O. The number of hydrogen-bond donors (Lipinski definition) is 1. The molecule has 0 spiro atoms. The zero-order valence-corrected chi connectivity index (χ0v) is 9.81. The molecule has 1 aromatic heterocycles. The van der Waals surface area contributed by atoms with E-state index in [2.05, 4.69) is 5.10 Å². The molecule has 1 atom stereocenters. The molecule has 1 N–H and O–H groups in total. The van der Waals surface area contributed by atoms with E-state index in [0.29, 0.717) is 21.4 Å². The van der Waals surface area contributed by atoms with Gasteiger partial charge in [-0.3, -0.25) is 0 Å². The minimum absolute atomic E-state index is 0.121. The zero-order chi connectivity index (χ0) is 13.1. The van der Waals surface area contributed by atoms with Crippen molar-refractivity contribution >= 4 is 11.0 Å². The molecule has 0 radical (unpaired) electrons. The number of benzene rings is 1. The summed E-state index contributed by atoms with van der Waals surface area (Å²) in [6, 6.07) is 4.47. The van der Waals surface area contributed by atoms with Crippen molar-refractivity contribution in [2.24, 2.45) is 0 Å². The highest BCUT2D eigenvalue weighted by molar-refractivity contribution is 5.73. The fraction of sp³-hybridized carbons (Fsp3) is 0.364. The second kappa shape index (κ2) is 5.01. The fourth-order valence-corrected chi connectivity index (χ4v) is 1.46. The van der Waals surface area contributed by atoms with E-state index >= 15 is 0 Å². The van der Waals surface area contributed by atoms with Crippen LogP contribution < -0.4 is 9.16 Å². The summed E-state index contributed by atoms with van der Waals surface area (Å²) in [4.78, 5) is 11.7. The quantitative estimate of drug-likeness (QED) is 0.796. The van der Waals surface area contributed by atoms with E-state index in [1.54, 1.807) is 6.07 Å². The summed E-state index contributed by atoms with van der Waals surface area (Å²) in [6.07, 6.45) is 0.923. The minimum Gasteiger partial charge on any atom is -0.772 e. The molecule has 7 heteroatoms. The van der Waals surface area contributed by atoms with Crippen LogP contribution >= 0.6 is 0 Å². The van der Waals surface area contributed by atoms with Crippen molar-refractivity contribution in [1.82, 2.24) is 9.94 Å². The van der Waals surface area contributed by atoms with E-state index in [1.807, 2.05) is 6.92 Å². The molecule has 1 heterocycles. The number of nitrogens with zero attached hydrogens (tertiary/aromatic N) is 3. The number of aliphatic hydroxyl groups is 1. The van der Waals surface area contributed by atoms with Crippen molar-refractivity contribution in [2.75, 3.05) is 6.61 Å². The van der Waals surface area contributed by atoms with Crippen LogP contribution in [0.25, 0.3) is 11.0 Å². The van der Waals surface area contributed by atoms with Crippen LogP contribution in [-0.4, -0.2) is 27.8 Å². The van der Waals surface area contributed by atoms with E-state index in [9.17, 15) is 15.2 Å². The number of fused-ring (bicyclic) bond motifs is 1. The summed E-state index contributed by atoms with van der Waals surface area (Å²) in [7, 11) is 0. The Morgan fingerprint density at radius 1 is 1.61 bits per heavy atom. The molecule has 2 rings (SSSR count). The molecule has 96 valence electrons. The van der Waals surface area contributed by atoms with E-state index in [1.165, 1.54) is 12.1 Å². The van der Waals surface area contributed by atoms with Gasteiger partial charge in [0, 0.05) is 15.6 Å². The number of hydrogen-bond acceptors (Lipinski definition) is 5. The smallest absolute Gasteiger partial charge is 0.356 e. The summed E-state index contributed by atoms with van der Waals surface area (Å²) in [6.45, 7) is 1.97. The first-order valence-corrected chi connectivity index (χ1v) is 5.54. The van der Waals surface area contributed by atoms with Crippen LogP contribution in [0.4, 0.5) is 0 Å². The maximum atomic E-state index is 11.4. The third-order valence-electron chi connectivity index (χ3n) is 2.57. The first kappa shape index (κ1) is 12.3. The molecule has 0 aliphatic rings. The maximum absolute atomic E-state index is 11.4. The lowest BCUT2D eigenvalue weighted by Gasteiger charge is -2.11. The molecule has 7 nitrogen and oxygen atoms in total. The van der Waals surface area contributed by atoms with Gasteiger partial charge in [0.05, 0.1) is 6.10 Å². The van der Waals surface area contributed by atoms with Crippen LogP contribution in [0.1, 0.15) is 13.3 Å². The third kappa shape index (κ3) is 2.40. The molecule has 18 heavy (non-hydrogen) atoms. The number of ether oxygens (including phenoxy) is 1. The highest BCUT2D eigenvalue weighted by atomic mass is 16.5. The zero-order valence-electron chi connectivity index (χ0n) is 9.81. The van der Waals surface area contributed by atoms with Gasteiger partial charge < -0.3 is 15.1 Å². The minimum atomic E-state index is -0.557. The van der Waals surface area contributed by atoms with Gasteiger partial charge in [-0.05, 0) is 18.6 Å². The summed E-state index contributed by atoms with van der Waals surface area (Å²) in [5, 5.41) is 24.2. The standard InChI is InChI=1S/C11H13N3O4/c1-2-8(15)6-18-9-3-4-10-11(5-9)14(17)12-7-13(10)16/h3-5,7-8,15H,2,6H2,1H3. The van der Waals surface area contributed by atoms with Crippen LogP contribution in [0.3, 0.4) is 0 Å². The average Bonchev–Trinajstić information content (AvgIpc) is 2.40. The molecular formula is C11H13N3O4. The van der Waals surface area contributed by atoms with Crippen molar-refractivity contribution in [3.05, 3.63) is 34.6 Å². The van der Waals surface area contributed by atoms with E-state index < -0.39 is 6.10 Å². The fourth-order valence-electron chi connectivity index (χ4n) is 1.46. The number of aliphatic hydroxyl groups excluding tert-OH is 1. The van der Waals surface area contributed by atoms with Crippen LogP contribution in [0.2, 0.25) is 0 Å². The molecule has 0 aliphatic heterocycles. The Hall–Kier alpha value is -2.15. The van der Waals surface area contributed by atoms with Gasteiger partial charge in [-0.15, -0.1) is 0 Å². The highest BCUT2D eigenvalue weighted by Gasteiger charge is 2.08. The second-order valence-electron chi connectivity index (χ2n) is 3.85. The van der Waals surface area contributed by atoms with Crippen molar-refractivity contribution in [3.63, 3.8) is 0 Å². The topological polar surface area (TPSA) is 93.3 Å². The molecule has 0 fully saturated rings.